The summed E-state index contributed by atoms with van der Waals surface area (Å²) in [7, 11) is 1.71. The van der Waals surface area contributed by atoms with Crippen LogP contribution in [0.15, 0.2) is 24.3 Å². The maximum Gasteiger partial charge on any atom is 0.224 e. The number of carbonyl (C=O) groups is 2. The van der Waals surface area contributed by atoms with Gasteiger partial charge in [-0.2, -0.15) is 0 Å². The molecule has 4 nitrogen and oxygen atoms in total. The van der Waals surface area contributed by atoms with Gasteiger partial charge < -0.3 is 10.2 Å². The number of hydrogen-bond acceptors (Lipinski definition) is 2. The number of amides is 2. The number of benzene rings is 1. The molecule has 1 aliphatic heterocycles. The summed E-state index contributed by atoms with van der Waals surface area (Å²) >= 11 is 0. The van der Waals surface area contributed by atoms with E-state index < -0.39 is 0 Å². The molecule has 2 amide bonds. The van der Waals surface area contributed by atoms with Crippen LogP contribution in [0, 0.1) is 5.82 Å². The molecular weight excluding hydrogens is 235 g/mol. The van der Waals surface area contributed by atoms with Crippen LogP contribution in [0.1, 0.15) is 12.0 Å². The number of hydrogen-bond donors (Lipinski definition) is 1. The zero-order valence-electron chi connectivity index (χ0n) is 10.1. The summed E-state index contributed by atoms with van der Waals surface area (Å²) in [4.78, 5) is 24.6. The minimum absolute atomic E-state index is 0.0334. The van der Waals surface area contributed by atoms with Crippen molar-refractivity contribution in [2.75, 3.05) is 13.6 Å². The first-order valence-electron chi connectivity index (χ1n) is 5.82. The Labute approximate surface area is 105 Å². The standard InChI is InChI=1S/C13H15FN2O2/c1-16-8-11(7-13(16)18)15-12(17)6-9-3-2-4-10(14)5-9/h2-5,11H,6-8H2,1H3,(H,15,17). The number of likely N-dealkylation sites (tertiary alicyclic amines) is 1. The first kappa shape index (κ1) is 12.5. The molecule has 5 heteroatoms. The zero-order valence-corrected chi connectivity index (χ0v) is 10.1. The minimum Gasteiger partial charge on any atom is -0.351 e. The van der Waals surface area contributed by atoms with Crippen molar-refractivity contribution in [3.8, 4) is 0 Å². The highest BCUT2D eigenvalue weighted by Gasteiger charge is 2.27. The van der Waals surface area contributed by atoms with Gasteiger partial charge in [0, 0.05) is 20.0 Å². The molecule has 1 atom stereocenters. The lowest BCUT2D eigenvalue weighted by Gasteiger charge is -2.12. The van der Waals surface area contributed by atoms with E-state index in [9.17, 15) is 14.0 Å². The van der Waals surface area contributed by atoms with Gasteiger partial charge in [-0.3, -0.25) is 9.59 Å². The lowest BCUT2D eigenvalue weighted by atomic mass is 10.1. The van der Waals surface area contributed by atoms with Crippen LogP contribution in [0.5, 0.6) is 0 Å². The van der Waals surface area contributed by atoms with Crippen LogP contribution in [-0.2, 0) is 16.0 Å². The molecule has 1 aromatic carbocycles. The molecular formula is C13H15FN2O2. The monoisotopic (exact) mass is 250 g/mol. The summed E-state index contributed by atoms with van der Waals surface area (Å²) in [6.45, 7) is 0.535. The first-order chi connectivity index (χ1) is 8.54. The molecule has 1 heterocycles. The van der Waals surface area contributed by atoms with Gasteiger partial charge in [-0.15, -0.1) is 0 Å². The fraction of sp³-hybridized carbons (Fsp3) is 0.385. The summed E-state index contributed by atoms with van der Waals surface area (Å²) in [5.74, 6) is -0.504. The molecule has 0 saturated carbocycles. The van der Waals surface area contributed by atoms with Gasteiger partial charge in [0.25, 0.3) is 0 Å². The van der Waals surface area contributed by atoms with Crippen molar-refractivity contribution in [3.05, 3.63) is 35.6 Å². The number of carbonyl (C=O) groups excluding carboxylic acids is 2. The predicted molar refractivity (Wildman–Crippen MR) is 64.3 cm³/mol. The van der Waals surface area contributed by atoms with Crippen molar-refractivity contribution in [3.63, 3.8) is 0 Å². The topological polar surface area (TPSA) is 49.4 Å². The maximum absolute atomic E-state index is 12.9. The third kappa shape index (κ3) is 3.06. The van der Waals surface area contributed by atoms with Gasteiger partial charge in [-0.05, 0) is 17.7 Å². The van der Waals surface area contributed by atoms with E-state index in [4.69, 9.17) is 0 Å². The predicted octanol–water partition coefficient (Wildman–Crippen LogP) is 0.715. The highest BCUT2D eigenvalue weighted by molar-refractivity contribution is 5.83. The lowest BCUT2D eigenvalue weighted by molar-refractivity contribution is -0.126. The van der Waals surface area contributed by atoms with E-state index >= 15 is 0 Å². The minimum atomic E-state index is -0.351. The summed E-state index contributed by atoms with van der Waals surface area (Å²) in [6, 6.07) is 5.82. The quantitative estimate of drug-likeness (QED) is 0.859. The molecule has 0 radical (unpaired) electrons. The van der Waals surface area contributed by atoms with Crippen molar-refractivity contribution in [1.29, 1.82) is 0 Å². The fourth-order valence-corrected chi connectivity index (χ4v) is 2.07. The Morgan fingerprint density at radius 2 is 2.33 bits per heavy atom. The van der Waals surface area contributed by atoms with Gasteiger partial charge in [0.1, 0.15) is 5.82 Å². The van der Waals surface area contributed by atoms with Gasteiger partial charge >= 0.3 is 0 Å². The Kier molecular flexibility index (Phi) is 3.60. The molecule has 2 rings (SSSR count). The molecule has 1 N–H and O–H groups in total. The van der Waals surface area contributed by atoms with Gasteiger partial charge in [-0.1, -0.05) is 12.1 Å². The zero-order chi connectivity index (χ0) is 13.1. The van der Waals surface area contributed by atoms with E-state index in [0.717, 1.165) is 0 Å². The Bertz CT molecular complexity index is 476. The fourth-order valence-electron chi connectivity index (χ4n) is 2.07. The van der Waals surface area contributed by atoms with E-state index in [1.807, 2.05) is 0 Å². The molecule has 0 aliphatic carbocycles. The van der Waals surface area contributed by atoms with Crippen molar-refractivity contribution in [1.82, 2.24) is 10.2 Å². The van der Waals surface area contributed by atoms with Crippen molar-refractivity contribution >= 4 is 11.8 Å². The van der Waals surface area contributed by atoms with Gasteiger partial charge in [0.2, 0.25) is 11.8 Å². The van der Waals surface area contributed by atoms with Crippen molar-refractivity contribution < 1.29 is 14.0 Å². The van der Waals surface area contributed by atoms with Crippen LogP contribution in [0.2, 0.25) is 0 Å². The smallest absolute Gasteiger partial charge is 0.224 e. The second-order valence-corrected chi connectivity index (χ2v) is 4.55. The van der Waals surface area contributed by atoms with Crippen LogP contribution in [0.25, 0.3) is 0 Å². The number of nitrogens with zero attached hydrogens (tertiary/aromatic N) is 1. The van der Waals surface area contributed by atoms with E-state index in [1.165, 1.54) is 12.1 Å². The van der Waals surface area contributed by atoms with Crippen LogP contribution < -0.4 is 5.32 Å². The largest absolute Gasteiger partial charge is 0.351 e. The van der Waals surface area contributed by atoms with E-state index in [-0.39, 0.29) is 30.1 Å². The summed E-state index contributed by atoms with van der Waals surface area (Å²) in [5, 5.41) is 2.78. The summed E-state index contributed by atoms with van der Waals surface area (Å²) < 4.78 is 12.9. The highest BCUT2D eigenvalue weighted by atomic mass is 19.1. The number of halogens is 1. The Morgan fingerprint density at radius 3 is 2.94 bits per heavy atom. The Balaban J connectivity index is 1.88. The third-order valence-electron chi connectivity index (χ3n) is 2.96. The maximum atomic E-state index is 12.9. The molecule has 96 valence electrons. The highest BCUT2D eigenvalue weighted by Crippen LogP contribution is 2.09. The summed E-state index contributed by atoms with van der Waals surface area (Å²) in [5.41, 5.74) is 0.630. The second-order valence-electron chi connectivity index (χ2n) is 4.55. The summed E-state index contributed by atoms with van der Waals surface area (Å²) in [6.07, 6.45) is 0.470. The van der Waals surface area contributed by atoms with Crippen LogP contribution in [0.4, 0.5) is 4.39 Å². The molecule has 1 saturated heterocycles. The van der Waals surface area contributed by atoms with Gasteiger partial charge in [0.05, 0.1) is 12.5 Å². The molecule has 0 bridgehead atoms. The van der Waals surface area contributed by atoms with Crippen LogP contribution in [-0.4, -0.2) is 36.3 Å². The molecule has 18 heavy (non-hydrogen) atoms. The van der Waals surface area contributed by atoms with Crippen LogP contribution in [0.3, 0.4) is 0 Å². The van der Waals surface area contributed by atoms with Crippen LogP contribution >= 0.6 is 0 Å². The third-order valence-corrected chi connectivity index (χ3v) is 2.96. The second kappa shape index (κ2) is 5.16. The SMILES string of the molecule is CN1CC(NC(=O)Cc2cccc(F)c2)CC1=O. The number of nitrogens with one attached hydrogen (secondary N) is 1. The van der Waals surface area contributed by atoms with Crippen molar-refractivity contribution in [2.45, 2.75) is 18.9 Å². The Morgan fingerprint density at radius 1 is 1.56 bits per heavy atom. The lowest BCUT2D eigenvalue weighted by Crippen LogP contribution is -2.37. The van der Waals surface area contributed by atoms with E-state index in [1.54, 1.807) is 24.1 Å². The molecule has 1 aliphatic rings. The molecule has 0 aromatic heterocycles. The molecule has 1 fully saturated rings. The molecule has 1 aromatic rings. The van der Waals surface area contributed by atoms with E-state index in [2.05, 4.69) is 5.32 Å². The van der Waals surface area contributed by atoms with Crippen molar-refractivity contribution in [2.24, 2.45) is 0 Å². The molecule has 0 spiro atoms. The first-order valence-corrected chi connectivity index (χ1v) is 5.82. The number of likely N-dealkylation sites (N-methyl/N-ethyl adjacent to an activating group) is 1. The average molecular weight is 250 g/mol. The Hall–Kier alpha value is -1.91. The average Bonchev–Trinajstić information content (AvgIpc) is 2.57. The van der Waals surface area contributed by atoms with Gasteiger partial charge in [0.15, 0.2) is 0 Å². The number of rotatable bonds is 3. The normalized spacial score (nSPS) is 19.1. The van der Waals surface area contributed by atoms with E-state index in [0.29, 0.717) is 18.5 Å². The molecule has 1 unspecified atom stereocenters. The van der Waals surface area contributed by atoms with Gasteiger partial charge in [-0.25, -0.2) is 4.39 Å².